The molecular formula is C7H17N3. The van der Waals surface area contributed by atoms with Gasteiger partial charge in [-0.15, -0.1) is 0 Å². The van der Waals surface area contributed by atoms with Crippen molar-refractivity contribution in [2.24, 2.45) is 5.73 Å². The van der Waals surface area contributed by atoms with Gasteiger partial charge in [0, 0.05) is 18.8 Å². The lowest BCUT2D eigenvalue weighted by Gasteiger charge is -2.26. The third-order valence-electron chi connectivity index (χ3n) is 2.35. The number of hydrogen-bond acceptors (Lipinski definition) is 3. The summed E-state index contributed by atoms with van der Waals surface area (Å²) in [7, 11) is 0. The Labute approximate surface area is 62.4 Å². The van der Waals surface area contributed by atoms with Gasteiger partial charge in [-0.3, -0.25) is 5.32 Å². The van der Waals surface area contributed by atoms with E-state index in [9.17, 15) is 0 Å². The minimum Gasteiger partial charge on any atom is -0.330 e. The Balaban J connectivity index is 2.41. The highest BCUT2D eigenvalue weighted by Crippen LogP contribution is 2.15. The summed E-state index contributed by atoms with van der Waals surface area (Å²) in [6, 6.07) is 0. The van der Waals surface area contributed by atoms with E-state index in [1.165, 1.54) is 0 Å². The number of hydrogen-bond donors (Lipinski definition) is 3. The second-order valence-corrected chi connectivity index (χ2v) is 2.95. The van der Waals surface area contributed by atoms with Crippen molar-refractivity contribution in [3.05, 3.63) is 0 Å². The Kier molecular flexibility index (Phi) is 2.65. The quantitative estimate of drug-likeness (QED) is 0.505. The number of rotatable bonds is 3. The van der Waals surface area contributed by atoms with Gasteiger partial charge in [-0.05, 0) is 19.4 Å². The highest BCUT2D eigenvalue weighted by Gasteiger charge is 2.29. The van der Waals surface area contributed by atoms with Gasteiger partial charge in [0.05, 0.1) is 0 Å². The molecule has 3 heteroatoms. The van der Waals surface area contributed by atoms with Crippen LogP contribution >= 0.6 is 0 Å². The van der Waals surface area contributed by atoms with E-state index in [1.54, 1.807) is 0 Å². The fourth-order valence-corrected chi connectivity index (χ4v) is 1.49. The molecule has 10 heavy (non-hydrogen) atoms. The van der Waals surface area contributed by atoms with Crippen LogP contribution in [0, 0.1) is 0 Å². The highest BCUT2D eigenvalue weighted by molar-refractivity contribution is 4.93. The van der Waals surface area contributed by atoms with E-state index in [0.717, 1.165) is 32.6 Å². The second kappa shape index (κ2) is 3.32. The normalized spacial score (nSPS) is 33.0. The molecule has 1 heterocycles. The van der Waals surface area contributed by atoms with Gasteiger partial charge in [0.1, 0.15) is 0 Å². The molecule has 0 aromatic heterocycles. The second-order valence-electron chi connectivity index (χ2n) is 2.95. The average Bonchev–Trinajstić information content (AvgIpc) is 2.39. The van der Waals surface area contributed by atoms with E-state index in [0.29, 0.717) is 5.54 Å². The molecule has 1 atom stereocenters. The van der Waals surface area contributed by atoms with E-state index < -0.39 is 0 Å². The average molecular weight is 143 g/mol. The Morgan fingerprint density at radius 3 is 2.80 bits per heavy atom. The summed E-state index contributed by atoms with van der Waals surface area (Å²) in [6.45, 7) is 4.99. The van der Waals surface area contributed by atoms with Gasteiger partial charge in [0.2, 0.25) is 0 Å². The van der Waals surface area contributed by atoms with Crippen LogP contribution in [0.5, 0.6) is 0 Å². The lowest BCUT2D eigenvalue weighted by molar-refractivity contribution is 0.362. The molecule has 0 spiro atoms. The van der Waals surface area contributed by atoms with Gasteiger partial charge in [0.25, 0.3) is 0 Å². The lowest BCUT2D eigenvalue weighted by Crippen LogP contribution is -2.43. The molecule has 1 rings (SSSR count). The first kappa shape index (κ1) is 7.98. The van der Waals surface area contributed by atoms with Crippen molar-refractivity contribution in [3.63, 3.8) is 0 Å². The zero-order valence-corrected chi connectivity index (χ0v) is 6.61. The van der Waals surface area contributed by atoms with Gasteiger partial charge in [-0.25, -0.2) is 0 Å². The van der Waals surface area contributed by atoms with E-state index >= 15 is 0 Å². The number of nitrogens with one attached hydrogen (secondary N) is 2. The molecule has 0 saturated carbocycles. The Bertz CT molecular complexity index is 97.0. The van der Waals surface area contributed by atoms with E-state index in [-0.39, 0.29) is 0 Å². The maximum Gasteiger partial charge on any atom is 0.0459 e. The molecular weight excluding hydrogens is 126 g/mol. The smallest absolute Gasteiger partial charge is 0.0459 e. The summed E-state index contributed by atoms with van der Waals surface area (Å²) < 4.78 is 0. The van der Waals surface area contributed by atoms with Crippen molar-refractivity contribution >= 4 is 0 Å². The van der Waals surface area contributed by atoms with Gasteiger partial charge >= 0.3 is 0 Å². The number of nitrogens with two attached hydrogens (primary N) is 1. The Morgan fingerprint density at radius 1 is 1.60 bits per heavy atom. The fourth-order valence-electron chi connectivity index (χ4n) is 1.49. The third-order valence-corrected chi connectivity index (χ3v) is 2.35. The van der Waals surface area contributed by atoms with Crippen LogP contribution in [0.4, 0.5) is 0 Å². The summed E-state index contributed by atoms with van der Waals surface area (Å²) in [5.74, 6) is 0. The summed E-state index contributed by atoms with van der Waals surface area (Å²) in [5.41, 5.74) is 5.80. The first-order valence-electron chi connectivity index (χ1n) is 3.99. The molecule has 4 N–H and O–H groups in total. The zero-order valence-electron chi connectivity index (χ0n) is 6.61. The maximum atomic E-state index is 5.50. The fraction of sp³-hybridized carbons (Fsp3) is 1.00. The standard InChI is InChI=1S/C7H17N3/c1-2-7(3-4-8)5-9-6-10-7/h9-10H,2-6,8H2,1H3. The lowest BCUT2D eigenvalue weighted by atomic mass is 9.93. The first-order valence-corrected chi connectivity index (χ1v) is 3.99. The summed E-state index contributed by atoms with van der Waals surface area (Å²) in [6.07, 6.45) is 2.24. The zero-order chi connectivity index (χ0) is 7.45. The molecule has 1 unspecified atom stereocenters. The molecule has 1 fully saturated rings. The molecule has 1 aliphatic heterocycles. The van der Waals surface area contributed by atoms with Crippen molar-refractivity contribution in [3.8, 4) is 0 Å². The van der Waals surface area contributed by atoms with E-state index in [4.69, 9.17) is 5.73 Å². The van der Waals surface area contributed by atoms with Crippen molar-refractivity contribution in [2.45, 2.75) is 25.3 Å². The Morgan fingerprint density at radius 2 is 2.40 bits per heavy atom. The van der Waals surface area contributed by atoms with Crippen LogP contribution in [0.1, 0.15) is 19.8 Å². The SMILES string of the molecule is CCC1(CCN)CNCN1. The largest absolute Gasteiger partial charge is 0.330 e. The van der Waals surface area contributed by atoms with Crippen LogP contribution in [-0.4, -0.2) is 25.3 Å². The molecule has 0 aromatic carbocycles. The van der Waals surface area contributed by atoms with Crippen LogP contribution in [-0.2, 0) is 0 Å². The summed E-state index contributed by atoms with van der Waals surface area (Å²) in [5, 5.41) is 6.71. The van der Waals surface area contributed by atoms with E-state index in [2.05, 4.69) is 17.6 Å². The van der Waals surface area contributed by atoms with Gasteiger partial charge in [-0.1, -0.05) is 6.92 Å². The predicted molar refractivity (Wildman–Crippen MR) is 42.7 cm³/mol. The molecule has 0 amide bonds. The molecule has 0 radical (unpaired) electrons. The molecule has 0 aliphatic carbocycles. The minimum atomic E-state index is 0.300. The summed E-state index contributed by atoms with van der Waals surface area (Å²) >= 11 is 0. The van der Waals surface area contributed by atoms with Crippen molar-refractivity contribution in [1.29, 1.82) is 0 Å². The van der Waals surface area contributed by atoms with Gasteiger partial charge < -0.3 is 11.1 Å². The molecule has 0 bridgehead atoms. The first-order chi connectivity index (χ1) is 4.83. The van der Waals surface area contributed by atoms with Crippen molar-refractivity contribution in [1.82, 2.24) is 10.6 Å². The molecule has 60 valence electrons. The van der Waals surface area contributed by atoms with Crippen LogP contribution in [0.25, 0.3) is 0 Å². The van der Waals surface area contributed by atoms with Gasteiger partial charge in [-0.2, -0.15) is 0 Å². The van der Waals surface area contributed by atoms with Crippen LogP contribution in [0.3, 0.4) is 0 Å². The van der Waals surface area contributed by atoms with Crippen LogP contribution in [0.2, 0.25) is 0 Å². The third kappa shape index (κ3) is 1.48. The van der Waals surface area contributed by atoms with E-state index in [1.807, 2.05) is 0 Å². The van der Waals surface area contributed by atoms with Gasteiger partial charge in [0.15, 0.2) is 0 Å². The van der Waals surface area contributed by atoms with Crippen LogP contribution in [0.15, 0.2) is 0 Å². The molecule has 3 nitrogen and oxygen atoms in total. The predicted octanol–water partition coefficient (Wildman–Crippen LogP) is -0.366. The molecule has 1 saturated heterocycles. The topological polar surface area (TPSA) is 50.1 Å². The van der Waals surface area contributed by atoms with Crippen molar-refractivity contribution < 1.29 is 0 Å². The highest BCUT2D eigenvalue weighted by atomic mass is 15.2. The molecule has 0 aromatic rings. The maximum absolute atomic E-state index is 5.50. The van der Waals surface area contributed by atoms with Crippen molar-refractivity contribution in [2.75, 3.05) is 19.8 Å². The van der Waals surface area contributed by atoms with Crippen LogP contribution < -0.4 is 16.4 Å². The molecule has 1 aliphatic rings. The monoisotopic (exact) mass is 143 g/mol. The summed E-state index contributed by atoms with van der Waals surface area (Å²) in [4.78, 5) is 0. The Hall–Kier alpha value is -0.120. The minimum absolute atomic E-state index is 0.300.